The van der Waals surface area contributed by atoms with Gasteiger partial charge in [-0.25, -0.2) is 0 Å². The van der Waals surface area contributed by atoms with E-state index in [4.69, 9.17) is 4.74 Å². The van der Waals surface area contributed by atoms with Crippen LogP contribution < -0.4 is 5.32 Å². The van der Waals surface area contributed by atoms with Crippen LogP contribution in [0.4, 0.5) is 0 Å². The number of likely N-dealkylation sites (tertiary alicyclic amines) is 1. The van der Waals surface area contributed by atoms with Gasteiger partial charge < -0.3 is 15.0 Å². The summed E-state index contributed by atoms with van der Waals surface area (Å²) in [5.41, 5.74) is 2.99. The lowest BCUT2D eigenvalue weighted by Gasteiger charge is -2.41. The van der Waals surface area contributed by atoms with Crippen molar-refractivity contribution in [3.8, 4) is 0 Å². The molecule has 2 heterocycles. The van der Waals surface area contributed by atoms with Crippen molar-refractivity contribution in [1.82, 2.24) is 10.2 Å². The van der Waals surface area contributed by atoms with Crippen LogP contribution in [0.3, 0.4) is 0 Å². The zero-order valence-electron chi connectivity index (χ0n) is 16.0. The fourth-order valence-electron chi connectivity index (χ4n) is 4.56. The van der Waals surface area contributed by atoms with Gasteiger partial charge >= 0.3 is 0 Å². The number of rotatable bonds is 4. The first-order valence-corrected chi connectivity index (χ1v) is 9.93. The molecule has 1 atom stereocenters. The van der Waals surface area contributed by atoms with E-state index in [-0.39, 0.29) is 11.5 Å². The zero-order chi connectivity index (χ0) is 18.7. The molecular weight excluding hydrogens is 336 g/mol. The number of hydrogen-bond donors (Lipinski definition) is 1. The summed E-state index contributed by atoms with van der Waals surface area (Å²) in [6.45, 7) is 3.44. The van der Waals surface area contributed by atoms with Gasteiger partial charge in [0, 0.05) is 32.3 Å². The van der Waals surface area contributed by atoms with Gasteiger partial charge in [0.25, 0.3) is 5.91 Å². The maximum absolute atomic E-state index is 13.3. The molecule has 0 aliphatic carbocycles. The molecule has 2 aliphatic heterocycles. The number of carbonyl (C=O) groups is 1. The van der Waals surface area contributed by atoms with Crippen LogP contribution in [0.25, 0.3) is 0 Å². The molecule has 2 aromatic carbocycles. The molecule has 0 saturated carbocycles. The van der Waals surface area contributed by atoms with Crippen molar-refractivity contribution in [2.24, 2.45) is 0 Å². The predicted molar refractivity (Wildman–Crippen MR) is 107 cm³/mol. The summed E-state index contributed by atoms with van der Waals surface area (Å²) < 4.78 is 5.96. The molecule has 4 rings (SSSR count). The highest BCUT2D eigenvalue weighted by Gasteiger charge is 2.38. The van der Waals surface area contributed by atoms with Crippen LogP contribution in [0.5, 0.6) is 0 Å². The predicted octanol–water partition coefficient (Wildman–Crippen LogP) is 3.54. The summed E-state index contributed by atoms with van der Waals surface area (Å²) in [7, 11) is 1.78. The number of amides is 1. The van der Waals surface area contributed by atoms with Crippen LogP contribution in [0, 0.1) is 0 Å². The smallest absolute Gasteiger partial charge is 0.254 e. The van der Waals surface area contributed by atoms with Crippen molar-refractivity contribution in [2.75, 3.05) is 33.3 Å². The molecule has 142 valence electrons. The third kappa shape index (κ3) is 3.52. The molecule has 2 saturated heterocycles. The molecule has 0 spiro atoms. The maximum atomic E-state index is 13.3. The van der Waals surface area contributed by atoms with Crippen LogP contribution in [-0.4, -0.2) is 44.1 Å². The Hall–Kier alpha value is -2.17. The summed E-state index contributed by atoms with van der Waals surface area (Å²) in [5.74, 6) is 0.604. The molecule has 0 aromatic heterocycles. The van der Waals surface area contributed by atoms with Crippen LogP contribution in [0.1, 0.15) is 46.7 Å². The second kappa shape index (κ2) is 7.83. The Kier molecular flexibility index (Phi) is 5.28. The van der Waals surface area contributed by atoms with Crippen molar-refractivity contribution in [3.63, 3.8) is 0 Å². The molecule has 1 N–H and O–H groups in total. The molecule has 4 nitrogen and oxygen atoms in total. The van der Waals surface area contributed by atoms with E-state index in [0.717, 1.165) is 51.0 Å². The summed E-state index contributed by atoms with van der Waals surface area (Å²) in [6.07, 6.45) is 2.75. The number of benzene rings is 2. The Morgan fingerprint density at radius 2 is 1.78 bits per heavy atom. The molecule has 0 radical (unpaired) electrons. The Labute approximate surface area is 161 Å². The first-order chi connectivity index (χ1) is 13.2. The average molecular weight is 364 g/mol. The monoisotopic (exact) mass is 364 g/mol. The topological polar surface area (TPSA) is 41.6 Å². The van der Waals surface area contributed by atoms with Crippen molar-refractivity contribution >= 4 is 5.91 Å². The highest BCUT2D eigenvalue weighted by atomic mass is 16.5. The molecule has 4 heteroatoms. The van der Waals surface area contributed by atoms with Crippen LogP contribution in [-0.2, 0) is 10.3 Å². The van der Waals surface area contributed by atoms with E-state index in [1.54, 1.807) is 7.11 Å². The minimum atomic E-state index is -0.285. The first-order valence-electron chi connectivity index (χ1n) is 9.93. The van der Waals surface area contributed by atoms with Crippen LogP contribution >= 0.6 is 0 Å². The molecule has 1 amide bonds. The number of methoxy groups -OCH3 is 1. The second-order valence-corrected chi connectivity index (χ2v) is 7.63. The zero-order valence-corrected chi connectivity index (χ0v) is 16.0. The normalized spacial score (nSPS) is 22.0. The summed E-state index contributed by atoms with van der Waals surface area (Å²) in [5, 5.41) is 3.41. The largest absolute Gasteiger partial charge is 0.373 e. The van der Waals surface area contributed by atoms with E-state index in [2.05, 4.69) is 35.6 Å². The quantitative estimate of drug-likeness (QED) is 0.902. The highest BCUT2D eigenvalue weighted by molar-refractivity contribution is 5.96. The van der Waals surface area contributed by atoms with E-state index in [0.29, 0.717) is 5.92 Å². The lowest BCUT2D eigenvalue weighted by molar-refractivity contribution is -0.0574. The molecule has 2 aliphatic rings. The molecule has 0 bridgehead atoms. The van der Waals surface area contributed by atoms with E-state index in [1.807, 2.05) is 29.2 Å². The van der Waals surface area contributed by atoms with E-state index in [1.165, 1.54) is 11.1 Å². The summed E-state index contributed by atoms with van der Waals surface area (Å²) in [6, 6.07) is 18.5. The van der Waals surface area contributed by atoms with Gasteiger partial charge in [0.05, 0.1) is 5.60 Å². The van der Waals surface area contributed by atoms with Gasteiger partial charge in [-0.2, -0.15) is 0 Å². The Balaban J connectivity index is 1.51. The molecular formula is C23H28N2O2. The van der Waals surface area contributed by atoms with Gasteiger partial charge in [-0.15, -0.1) is 0 Å². The Bertz CT molecular complexity index is 776. The van der Waals surface area contributed by atoms with Gasteiger partial charge in [0.15, 0.2) is 0 Å². The minimum absolute atomic E-state index is 0.162. The molecule has 2 aromatic rings. The van der Waals surface area contributed by atoms with Crippen molar-refractivity contribution in [2.45, 2.75) is 30.8 Å². The average Bonchev–Trinajstić information content (AvgIpc) is 3.29. The lowest BCUT2D eigenvalue weighted by Crippen LogP contribution is -2.46. The third-order valence-corrected chi connectivity index (χ3v) is 6.24. The number of ether oxygens (including phenoxy) is 1. The summed E-state index contributed by atoms with van der Waals surface area (Å²) >= 11 is 0. The fraction of sp³-hybridized carbons (Fsp3) is 0.435. The van der Waals surface area contributed by atoms with Crippen LogP contribution in [0.15, 0.2) is 54.6 Å². The number of hydrogen-bond acceptors (Lipinski definition) is 3. The van der Waals surface area contributed by atoms with Gasteiger partial charge in [-0.1, -0.05) is 48.5 Å². The minimum Gasteiger partial charge on any atom is -0.373 e. The maximum Gasteiger partial charge on any atom is 0.254 e. The Morgan fingerprint density at radius 1 is 1.07 bits per heavy atom. The van der Waals surface area contributed by atoms with Gasteiger partial charge in [0.1, 0.15) is 0 Å². The lowest BCUT2D eigenvalue weighted by atomic mass is 9.83. The molecule has 27 heavy (non-hydrogen) atoms. The van der Waals surface area contributed by atoms with E-state index < -0.39 is 0 Å². The van der Waals surface area contributed by atoms with Gasteiger partial charge in [-0.05, 0) is 48.9 Å². The molecule has 2 fully saturated rings. The Morgan fingerprint density at radius 3 is 2.44 bits per heavy atom. The second-order valence-electron chi connectivity index (χ2n) is 7.63. The SMILES string of the molecule is COC1(c2ccccc2)CCN(C(=O)c2ccccc2[C@H]2CCNC2)CC1. The third-order valence-electron chi connectivity index (χ3n) is 6.24. The number of nitrogens with zero attached hydrogens (tertiary/aromatic N) is 1. The van der Waals surface area contributed by atoms with Gasteiger partial charge in [-0.3, -0.25) is 4.79 Å². The van der Waals surface area contributed by atoms with Crippen LogP contribution in [0.2, 0.25) is 0 Å². The molecule has 0 unspecified atom stereocenters. The number of carbonyl (C=O) groups excluding carboxylic acids is 1. The van der Waals surface area contributed by atoms with E-state index in [9.17, 15) is 4.79 Å². The number of piperidine rings is 1. The van der Waals surface area contributed by atoms with Crippen molar-refractivity contribution in [3.05, 3.63) is 71.3 Å². The highest BCUT2D eigenvalue weighted by Crippen LogP contribution is 2.37. The van der Waals surface area contributed by atoms with Gasteiger partial charge in [0.2, 0.25) is 0 Å². The first kappa shape index (κ1) is 18.2. The van der Waals surface area contributed by atoms with Crippen molar-refractivity contribution in [1.29, 1.82) is 0 Å². The summed E-state index contributed by atoms with van der Waals surface area (Å²) in [4.78, 5) is 15.3. The standard InChI is InChI=1S/C23H28N2O2/c1-27-23(19-7-3-2-4-8-19)12-15-25(16-13-23)22(26)21-10-6-5-9-20(21)18-11-14-24-17-18/h2-10,18,24H,11-17H2,1H3/t18-/m0/s1. The fourth-order valence-corrected chi connectivity index (χ4v) is 4.56. The number of nitrogens with one attached hydrogen (secondary N) is 1. The van der Waals surface area contributed by atoms with Crippen molar-refractivity contribution < 1.29 is 9.53 Å². The van der Waals surface area contributed by atoms with E-state index >= 15 is 0 Å².